The van der Waals surface area contributed by atoms with Crippen LogP contribution in [0, 0.1) is 13.8 Å². The molecule has 0 bridgehead atoms. The topological polar surface area (TPSA) is 30.4 Å². The minimum Gasteiger partial charge on any atom is -0.489 e. The zero-order chi connectivity index (χ0) is 25.7. The molecule has 184 valence electrons. The van der Waals surface area contributed by atoms with Gasteiger partial charge in [0, 0.05) is 27.5 Å². The van der Waals surface area contributed by atoms with Crippen molar-refractivity contribution < 1.29 is 9.30 Å². The lowest BCUT2D eigenvalue weighted by molar-refractivity contribution is -0.632. The van der Waals surface area contributed by atoms with Gasteiger partial charge < -0.3 is 4.74 Å². The van der Waals surface area contributed by atoms with Crippen LogP contribution in [0.25, 0.3) is 38.7 Å². The third-order valence-corrected chi connectivity index (χ3v) is 8.91. The Morgan fingerprint density at radius 3 is 2.28 bits per heavy atom. The zero-order valence-corrected chi connectivity index (χ0v) is 22.9. The van der Waals surface area contributed by atoms with Crippen LogP contribution in [0.2, 0.25) is 0 Å². The van der Waals surface area contributed by atoms with Gasteiger partial charge in [-0.05, 0) is 33.3 Å². The number of rotatable bonds is 3. The number of ether oxygens (including phenoxy) is 1. The van der Waals surface area contributed by atoms with Crippen molar-refractivity contribution >= 4 is 27.5 Å². The molecule has 1 aliphatic rings. The average Bonchev–Trinajstić information content (AvgIpc) is 3.14. The Morgan fingerprint density at radius 2 is 1.61 bits per heavy atom. The van der Waals surface area contributed by atoms with Crippen LogP contribution >= 0.6 is 0 Å². The van der Waals surface area contributed by atoms with E-state index in [2.05, 4.69) is 114 Å². The first-order valence-electron chi connectivity index (χ1n) is 13.0. The third kappa shape index (κ3) is 2.70. The maximum atomic E-state index is 6.24. The first kappa shape index (κ1) is 23.0. The Balaban J connectivity index is 1.98. The molecule has 0 atom stereocenters. The first-order chi connectivity index (χ1) is 17.0. The van der Waals surface area contributed by atoms with Crippen LogP contribution in [0.1, 0.15) is 63.9 Å². The fourth-order valence-corrected chi connectivity index (χ4v) is 6.41. The number of aryl methyl sites for hydroxylation is 3. The van der Waals surface area contributed by atoms with Gasteiger partial charge in [-0.25, -0.2) is 4.57 Å². The summed E-state index contributed by atoms with van der Waals surface area (Å²) in [7, 11) is 2.21. The summed E-state index contributed by atoms with van der Waals surface area (Å²) in [6.07, 6.45) is 2.00. The number of hydrogen-bond acceptors (Lipinski definition) is 2. The molecule has 0 saturated heterocycles. The van der Waals surface area contributed by atoms with Gasteiger partial charge in [-0.3, -0.25) is 4.98 Å². The van der Waals surface area contributed by atoms with Crippen LogP contribution in [0.5, 0.6) is 5.75 Å². The summed E-state index contributed by atoms with van der Waals surface area (Å²) in [4.78, 5) is 5.08. The van der Waals surface area contributed by atoms with E-state index in [0.717, 1.165) is 16.8 Å². The predicted octanol–water partition coefficient (Wildman–Crippen LogP) is 7.11. The zero-order valence-electron chi connectivity index (χ0n) is 22.9. The molecule has 0 aliphatic carbocycles. The van der Waals surface area contributed by atoms with Crippen molar-refractivity contribution in [3.8, 4) is 17.0 Å². The highest BCUT2D eigenvalue weighted by molar-refractivity contribution is 6.13. The Bertz CT molecular complexity index is 1710. The van der Waals surface area contributed by atoms with Crippen molar-refractivity contribution in [2.75, 3.05) is 0 Å². The second kappa shape index (κ2) is 7.32. The fourth-order valence-electron chi connectivity index (χ4n) is 6.41. The van der Waals surface area contributed by atoms with Crippen LogP contribution in [0.4, 0.5) is 0 Å². The summed E-state index contributed by atoms with van der Waals surface area (Å²) >= 11 is 0. The molecule has 36 heavy (non-hydrogen) atoms. The van der Waals surface area contributed by atoms with E-state index in [1.54, 1.807) is 0 Å². The van der Waals surface area contributed by atoms with E-state index in [1.807, 2.05) is 6.20 Å². The highest BCUT2D eigenvalue weighted by Gasteiger charge is 2.53. The van der Waals surface area contributed by atoms with Gasteiger partial charge in [0.2, 0.25) is 0 Å². The lowest BCUT2D eigenvalue weighted by atomic mass is 9.60. The minimum atomic E-state index is -0.126. The van der Waals surface area contributed by atoms with Crippen molar-refractivity contribution in [2.24, 2.45) is 7.05 Å². The highest BCUT2D eigenvalue weighted by Crippen LogP contribution is 2.53. The molecule has 0 saturated carbocycles. The number of imidazole rings is 1. The molecular formula is C32H36N3O+. The fraction of sp³-hybridized carbons (Fsp3) is 0.375. The molecule has 6 rings (SSSR count). The van der Waals surface area contributed by atoms with E-state index in [4.69, 9.17) is 9.72 Å². The van der Waals surface area contributed by atoms with Crippen LogP contribution in [0.15, 0.2) is 48.7 Å². The Labute approximate surface area is 213 Å². The van der Waals surface area contributed by atoms with Gasteiger partial charge in [0.25, 0.3) is 5.65 Å². The number of benzene rings is 2. The average molecular weight is 479 g/mol. The molecule has 4 nitrogen and oxygen atoms in total. The molecule has 2 aromatic carbocycles. The summed E-state index contributed by atoms with van der Waals surface area (Å²) in [6.45, 7) is 18.2. The van der Waals surface area contributed by atoms with Gasteiger partial charge in [0.05, 0.1) is 35.6 Å². The normalized spacial score (nSPS) is 16.1. The maximum absolute atomic E-state index is 6.24. The van der Waals surface area contributed by atoms with E-state index in [-0.39, 0.29) is 16.9 Å². The molecule has 0 radical (unpaired) electrons. The van der Waals surface area contributed by atoms with Crippen molar-refractivity contribution in [1.29, 1.82) is 0 Å². The molecule has 4 heteroatoms. The Morgan fingerprint density at radius 1 is 0.917 bits per heavy atom. The Hall–Kier alpha value is -3.40. The molecule has 0 spiro atoms. The minimum absolute atomic E-state index is 0.0832. The molecule has 1 aliphatic heterocycles. The summed E-state index contributed by atoms with van der Waals surface area (Å²) < 4.78 is 11.2. The van der Waals surface area contributed by atoms with Crippen molar-refractivity contribution in [2.45, 2.75) is 72.3 Å². The molecule has 0 unspecified atom stereocenters. The van der Waals surface area contributed by atoms with Gasteiger partial charge >= 0.3 is 0 Å². The highest BCUT2D eigenvalue weighted by atomic mass is 16.5. The molecule has 0 amide bonds. The predicted molar refractivity (Wildman–Crippen MR) is 148 cm³/mol. The lowest BCUT2D eigenvalue weighted by Crippen LogP contribution is -2.44. The van der Waals surface area contributed by atoms with Gasteiger partial charge in [0.1, 0.15) is 11.3 Å². The number of aromatic nitrogens is 3. The first-order valence-corrected chi connectivity index (χ1v) is 13.0. The SMILES string of the molecule is Cc1ccc2c3c1c1ncc(OC(C)C)c(C)c1c1n3c(c(-c3ccccc3)[n+]1C)C(C)(C)C2(C)C. The molecular weight excluding hydrogens is 442 g/mol. The maximum Gasteiger partial charge on any atom is 0.297 e. The van der Waals surface area contributed by atoms with Crippen LogP contribution in [-0.4, -0.2) is 15.5 Å². The standard InChI is InChI=1S/C32H36N3O/c1-18(2)36-23-17-33-26-24-19(3)15-16-22-28(24)35-29(32(7,8)31(22,5)6)27(21-13-11-10-12-14-21)34(9)30(35)25(26)20(23)4/h10-18H,1-9H3/q+1. The molecule has 3 aromatic heterocycles. The van der Waals surface area contributed by atoms with Crippen LogP contribution in [0.3, 0.4) is 0 Å². The number of nitrogens with zero attached hydrogens (tertiary/aromatic N) is 3. The van der Waals surface area contributed by atoms with E-state index < -0.39 is 0 Å². The largest absolute Gasteiger partial charge is 0.489 e. The smallest absolute Gasteiger partial charge is 0.297 e. The van der Waals surface area contributed by atoms with Gasteiger partial charge in [-0.15, -0.1) is 0 Å². The number of pyridine rings is 2. The number of hydrogen-bond donors (Lipinski definition) is 0. The van der Waals surface area contributed by atoms with Crippen molar-refractivity contribution in [1.82, 2.24) is 9.38 Å². The van der Waals surface area contributed by atoms with Gasteiger partial charge in [-0.1, -0.05) is 70.2 Å². The summed E-state index contributed by atoms with van der Waals surface area (Å²) in [5.74, 6) is 0.855. The van der Waals surface area contributed by atoms with Crippen molar-refractivity contribution in [3.05, 3.63) is 71.0 Å². The summed E-state index contributed by atoms with van der Waals surface area (Å²) in [6, 6.07) is 15.5. The monoisotopic (exact) mass is 478 g/mol. The molecule has 0 fully saturated rings. The lowest BCUT2D eigenvalue weighted by Gasteiger charge is -2.43. The van der Waals surface area contributed by atoms with Crippen LogP contribution < -0.4 is 9.30 Å². The second-order valence-electron chi connectivity index (χ2n) is 11.8. The molecule has 0 N–H and O–H groups in total. The van der Waals surface area contributed by atoms with Crippen molar-refractivity contribution in [3.63, 3.8) is 0 Å². The van der Waals surface area contributed by atoms with E-state index in [0.29, 0.717) is 0 Å². The number of fused-ring (bicyclic) bond motifs is 3. The quantitative estimate of drug-likeness (QED) is 0.204. The third-order valence-electron chi connectivity index (χ3n) is 8.91. The summed E-state index contributed by atoms with van der Waals surface area (Å²) in [5, 5.41) is 2.41. The summed E-state index contributed by atoms with van der Waals surface area (Å²) in [5.41, 5.74) is 11.0. The van der Waals surface area contributed by atoms with Gasteiger partial charge in [0.15, 0.2) is 11.4 Å². The molecule has 4 heterocycles. The van der Waals surface area contributed by atoms with E-state index in [1.165, 1.54) is 50.0 Å². The second-order valence-corrected chi connectivity index (χ2v) is 11.8. The van der Waals surface area contributed by atoms with Gasteiger partial charge in [-0.2, -0.15) is 4.40 Å². The van der Waals surface area contributed by atoms with E-state index in [9.17, 15) is 0 Å². The molecule has 5 aromatic rings. The Kier molecular flexibility index (Phi) is 4.68. The van der Waals surface area contributed by atoms with E-state index >= 15 is 0 Å². The van der Waals surface area contributed by atoms with Crippen LogP contribution in [-0.2, 0) is 17.9 Å².